The molecule has 0 bridgehead atoms. The Hall–Kier alpha value is -4.64. The summed E-state index contributed by atoms with van der Waals surface area (Å²) >= 11 is 0. The van der Waals surface area contributed by atoms with Gasteiger partial charge < -0.3 is 9.47 Å². The van der Waals surface area contributed by atoms with Crippen molar-refractivity contribution in [1.29, 1.82) is 0 Å². The number of methoxy groups -OCH3 is 2. The second kappa shape index (κ2) is 10.0. The molecule has 194 valence electrons. The van der Waals surface area contributed by atoms with Crippen molar-refractivity contribution in [1.82, 2.24) is 15.2 Å². The number of fused-ring (bicyclic) bond motifs is 3. The lowest BCUT2D eigenvalue weighted by atomic mass is 10.1. The summed E-state index contributed by atoms with van der Waals surface area (Å²) in [6.45, 7) is -0.186. The number of hydrazone groups is 1. The average molecular weight is 532 g/mol. The Balaban J connectivity index is 1.50. The van der Waals surface area contributed by atoms with Crippen LogP contribution in [0.2, 0.25) is 0 Å². The molecule has 0 fully saturated rings. The summed E-state index contributed by atoms with van der Waals surface area (Å²) < 4.78 is 39.9. The number of aromatic nitrogens is 2. The van der Waals surface area contributed by atoms with Crippen molar-refractivity contribution in [2.24, 2.45) is 5.10 Å². The fourth-order valence-corrected chi connectivity index (χ4v) is 5.75. The molecule has 10 nitrogen and oxygen atoms in total. The molecular formula is C27H25N5O5S. The van der Waals surface area contributed by atoms with E-state index in [1.807, 2.05) is 30.3 Å². The van der Waals surface area contributed by atoms with E-state index in [4.69, 9.17) is 14.6 Å². The maximum absolute atomic E-state index is 13.3. The smallest absolute Gasteiger partial charge is 0.264 e. The first-order valence-electron chi connectivity index (χ1n) is 11.6. The third-order valence-electron chi connectivity index (χ3n) is 6.20. The molecule has 1 aliphatic rings. The molecule has 0 atom stereocenters. The molecule has 2 heterocycles. The molecule has 0 aliphatic carbocycles. The van der Waals surface area contributed by atoms with Gasteiger partial charge in [0.15, 0.2) is 0 Å². The van der Waals surface area contributed by atoms with Crippen molar-refractivity contribution in [2.45, 2.75) is 11.4 Å². The van der Waals surface area contributed by atoms with Gasteiger partial charge in [0.2, 0.25) is 0 Å². The molecule has 0 saturated carbocycles. The van der Waals surface area contributed by atoms with Gasteiger partial charge in [0, 0.05) is 29.8 Å². The Morgan fingerprint density at radius 3 is 2.50 bits per heavy atom. The lowest BCUT2D eigenvalue weighted by Crippen LogP contribution is -2.31. The van der Waals surface area contributed by atoms with Crippen LogP contribution in [0.4, 0.5) is 5.69 Å². The second-order valence-electron chi connectivity index (χ2n) is 8.44. The van der Waals surface area contributed by atoms with Gasteiger partial charge in [-0.3, -0.25) is 13.8 Å². The molecule has 1 aromatic heterocycles. The SMILES string of the molecule is COc1ccc(/C=N/NC(=O)Cn2nc(-c3ccccc3)c3c2-c2ccccc2S(=O)(=O)N3C)c(OC)c1. The highest BCUT2D eigenvalue weighted by molar-refractivity contribution is 7.93. The Bertz CT molecular complexity index is 1650. The van der Waals surface area contributed by atoms with E-state index in [0.717, 1.165) is 5.56 Å². The molecule has 11 heteroatoms. The molecule has 0 unspecified atom stereocenters. The van der Waals surface area contributed by atoms with Crippen LogP contribution in [0.15, 0.2) is 82.8 Å². The van der Waals surface area contributed by atoms with Gasteiger partial charge in [-0.05, 0) is 18.2 Å². The molecule has 1 amide bonds. The van der Waals surface area contributed by atoms with Crippen molar-refractivity contribution in [2.75, 3.05) is 25.6 Å². The van der Waals surface area contributed by atoms with Gasteiger partial charge in [-0.1, -0.05) is 48.5 Å². The van der Waals surface area contributed by atoms with Crippen LogP contribution in [0.25, 0.3) is 22.5 Å². The summed E-state index contributed by atoms with van der Waals surface area (Å²) in [5.41, 5.74) is 5.78. The number of rotatable bonds is 7. The number of nitrogens with one attached hydrogen (secondary N) is 1. The third kappa shape index (κ3) is 4.37. The summed E-state index contributed by atoms with van der Waals surface area (Å²) in [4.78, 5) is 13.1. The third-order valence-corrected chi connectivity index (χ3v) is 8.01. The summed E-state index contributed by atoms with van der Waals surface area (Å²) in [6.07, 6.45) is 1.47. The Morgan fingerprint density at radius 2 is 1.76 bits per heavy atom. The maximum atomic E-state index is 13.3. The number of benzene rings is 3. The van der Waals surface area contributed by atoms with Crippen molar-refractivity contribution < 1.29 is 22.7 Å². The molecule has 3 aromatic carbocycles. The first kappa shape index (κ1) is 25.0. The molecule has 5 rings (SSSR count). The van der Waals surface area contributed by atoms with Crippen LogP contribution in [0.3, 0.4) is 0 Å². The highest BCUT2D eigenvalue weighted by Crippen LogP contribution is 2.47. The fraction of sp³-hybridized carbons (Fsp3) is 0.148. The minimum Gasteiger partial charge on any atom is -0.497 e. The molecule has 0 saturated heterocycles. The summed E-state index contributed by atoms with van der Waals surface area (Å²) in [7, 11) is 0.788. The molecular weight excluding hydrogens is 506 g/mol. The molecule has 4 aromatic rings. The number of carbonyl (C=O) groups is 1. The highest BCUT2D eigenvalue weighted by atomic mass is 32.2. The number of amides is 1. The van der Waals surface area contributed by atoms with Gasteiger partial charge in [0.25, 0.3) is 15.9 Å². The zero-order valence-electron chi connectivity index (χ0n) is 21.0. The number of hydrogen-bond donors (Lipinski definition) is 1. The van der Waals surface area contributed by atoms with E-state index in [1.165, 1.54) is 29.4 Å². The van der Waals surface area contributed by atoms with Gasteiger partial charge >= 0.3 is 0 Å². The van der Waals surface area contributed by atoms with E-state index in [2.05, 4.69) is 10.5 Å². The standard InChI is InChI=1S/C27H25N5O5S/c1-31-27-25(18-9-5-4-6-10-18)30-32(26(27)21-11-7-8-12-23(21)38(31,34)35)17-24(33)29-28-16-19-13-14-20(36-2)15-22(19)37-3/h4-16H,17H2,1-3H3,(H,29,33)/b28-16+. The monoisotopic (exact) mass is 531 g/mol. The summed E-state index contributed by atoms with van der Waals surface area (Å²) in [6, 6.07) is 21.2. The summed E-state index contributed by atoms with van der Waals surface area (Å²) in [5.74, 6) is 0.733. The van der Waals surface area contributed by atoms with Crippen molar-refractivity contribution in [3.8, 4) is 34.0 Å². The zero-order chi connectivity index (χ0) is 26.9. The van der Waals surface area contributed by atoms with Gasteiger partial charge in [0.05, 0.1) is 31.0 Å². The van der Waals surface area contributed by atoms with Crippen LogP contribution in [0.1, 0.15) is 5.56 Å². The minimum atomic E-state index is -3.80. The van der Waals surface area contributed by atoms with Crippen LogP contribution in [-0.4, -0.2) is 51.6 Å². The highest BCUT2D eigenvalue weighted by Gasteiger charge is 2.38. The van der Waals surface area contributed by atoms with Gasteiger partial charge in [-0.25, -0.2) is 13.8 Å². The van der Waals surface area contributed by atoms with E-state index < -0.39 is 15.9 Å². The average Bonchev–Trinajstić information content (AvgIpc) is 3.31. The van der Waals surface area contributed by atoms with E-state index in [0.29, 0.717) is 39.7 Å². The number of carbonyl (C=O) groups excluding carboxylic acids is 1. The predicted octanol–water partition coefficient (Wildman–Crippen LogP) is 3.52. The number of anilines is 1. The van der Waals surface area contributed by atoms with Gasteiger partial charge in [-0.15, -0.1) is 0 Å². The largest absolute Gasteiger partial charge is 0.497 e. The molecule has 0 radical (unpaired) electrons. The van der Waals surface area contributed by atoms with Crippen molar-refractivity contribution >= 4 is 27.8 Å². The molecule has 1 aliphatic heterocycles. The predicted molar refractivity (Wildman–Crippen MR) is 144 cm³/mol. The number of sulfonamides is 1. The van der Waals surface area contributed by atoms with Gasteiger partial charge in [0.1, 0.15) is 29.4 Å². The summed E-state index contributed by atoms with van der Waals surface area (Å²) in [5, 5.41) is 8.76. The molecule has 1 N–H and O–H groups in total. The molecule has 38 heavy (non-hydrogen) atoms. The fourth-order valence-electron chi connectivity index (χ4n) is 4.35. The Morgan fingerprint density at radius 1 is 1.03 bits per heavy atom. The second-order valence-corrected chi connectivity index (χ2v) is 10.4. The van der Waals surface area contributed by atoms with Crippen LogP contribution in [-0.2, 0) is 21.4 Å². The topological polar surface area (TPSA) is 115 Å². The van der Waals surface area contributed by atoms with E-state index >= 15 is 0 Å². The van der Waals surface area contributed by atoms with Crippen molar-refractivity contribution in [3.63, 3.8) is 0 Å². The van der Waals surface area contributed by atoms with E-state index in [1.54, 1.807) is 49.6 Å². The van der Waals surface area contributed by atoms with Crippen LogP contribution in [0, 0.1) is 0 Å². The first-order chi connectivity index (χ1) is 18.3. The lowest BCUT2D eigenvalue weighted by Gasteiger charge is -2.27. The number of nitrogens with zero attached hydrogens (tertiary/aromatic N) is 4. The lowest BCUT2D eigenvalue weighted by molar-refractivity contribution is -0.121. The Kier molecular flexibility index (Phi) is 6.60. The van der Waals surface area contributed by atoms with Crippen molar-refractivity contribution in [3.05, 3.63) is 78.4 Å². The Labute approximate surface area is 220 Å². The normalized spacial score (nSPS) is 13.6. The number of ether oxygens (including phenoxy) is 2. The molecule has 0 spiro atoms. The van der Waals surface area contributed by atoms with Crippen LogP contribution < -0.4 is 19.2 Å². The zero-order valence-corrected chi connectivity index (χ0v) is 21.8. The maximum Gasteiger partial charge on any atom is 0.264 e. The van der Waals surface area contributed by atoms with E-state index in [-0.39, 0.29) is 11.4 Å². The first-order valence-corrected chi connectivity index (χ1v) is 13.1. The quantitative estimate of drug-likeness (QED) is 0.288. The van der Waals surface area contributed by atoms with Gasteiger partial charge in [-0.2, -0.15) is 10.2 Å². The minimum absolute atomic E-state index is 0.154. The van der Waals surface area contributed by atoms with Crippen LogP contribution >= 0.6 is 0 Å². The van der Waals surface area contributed by atoms with E-state index in [9.17, 15) is 13.2 Å². The number of hydrogen-bond acceptors (Lipinski definition) is 7. The van der Waals surface area contributed by atoms with Crippen LogP contribution in [0.5, 0.6) is 11.5 Å².